The third kappa shape index (κ3) is 3.30. The van der Waals surface area contributed by atoms with Gasteiger partial charge in [0, 0.05) is 11.3 Å². The fraction of sp³-hybridized carbons (Fsp3) is 0.615. The van der Waals surface area contributed by atoms with Gasteiger partial charge in [-0.3, -0.25) is 4.79 Å². The summed E-state index contributed by atoms with van der Waals surface area (Å²) < 4.78 is 0. The largest absolute Gasteiger partial charge is 0.349 e. The Morgan fingerprint density at radius 3 is 3.29 bits per heavy atom. The van der Waals surface area contributed by atoms with Gasteiger partial charge >= 0.3 is 0 Å². The Labute approximate surface area is 107 Å². The van der Waals surface area contributed by atoms with Crippen molar-refractivity contribution in [3.05, 3.63) is 21.9 Å². The molecule has 1 heterocycles. The molecule has 0 aromatic carbocycles. The predicted molar refractivity (Wildman–Crippen MR) is 71.3 cm³/mol. The van der Waals surface area contributed by atoms with Gasteiger partial charge in [0.25, 0.3) is 0 Å². The molecular weight excluding hydrogens is 232 g/mol. The van der Waals surface area contributed by atoms with Crippen LogP contribution in [-0.4, -0.2) is 19.5 Å². The first-order valence-corrected chi connectivity index (χ1v) is 7.19. The van der Waals surface area contributed by atoms with Gasteiger partial charge in [-0.25, -0.2) is 0 Å². The average molecular weight is 252 g/mol. The van der Waals surface area contributed by atoms with E-state index >= 15 is 0 Å². The Hall–Kier alpha value is -0.870. The molecule has 2 N–H and O–H groups in total. The van der Waals surface area contributed by atoms with Crippen LogP contribution >= 0.6 is 11.3 Å². The molecule has 1 amide bonds. The first-order valence-electron chi connectivity index (χ1n) is 6.31. The van der Waals surface area contributed by atoms with Gasteiger partial charge in [-0.1, -0.05) is 0 Å². The highest BCUT2D eigenvalue weighted by Crippen LogP contribution is 2.33. The van der Waals surface area contributed by atoms with Crippen molar-refractivity contribution in [1.82, 2.24) is 10.6 Å². The normalized spacial score (nSPS) is 18.8. The van der Waals surface area contributed by atoms with Crippen LogP contribution in [-0.2, 0) is 11.2 Å². The number of fused-ring (bicyclic) bond motifs is 1. The quantitative estimate of drug-likeness (QED) is 0.789. The Balaban J connectivity index is 1.86. The summed E-state index contributed by atoms with van der Waals surface area (Å²) in [4.78, 5) is 13.2. The maximum absolute atomic E-state index is 11.8. The summed E-state index contributed by atoms with van der Waals surface area (Å²) >= 11 is 1.82. The standard InChI is InChI=1S/C13H20N2OS/c1-14-8-3-6-13(16)15-11-4-2-5-12-10(11)7-9-17-12/h7,9,11,14H,2-6,8H2,1H3,(H,15,16). The van der Waals surface area contributed by atoms with E-state index in [-0.39, 0.29) is 11.9 Å². The molecular formula is C13H20N2OS. The minimum atomic E-state index is 0.185. The minimum absolute atomic E-state index is 0.185. The third-order valence-corrected chi connectivity index (χ3v) is 4.21. The highest BCUT2D eigenvalue weighted by Gasteiger charge is 2.22. The summed E-state index contributed by atoms with van der Waals surface area (Å²) in [6.07, 6.45) is 4.98. The molecule has 1 aliphatic carbocycles. The van der Waals surface area contributed by atoms with Gasteiger partial charge in [0.1, 0.15) is 0 Å². The van der Waals surface area contributed by atoms with Crippen LogP contribution < -0.4 is 10.6 Å². The maximum Gasteiger partial charge on any atom is 0.220 e. The zero-order valence-corrected chi connectivity index (χ0v) is 11.1. The molecule has 1 aromatic rings. The van der Waals surface area contributed by atoms with Gasteiger partial charge in [0.15, 0.2) is 0 Å². The summed E-state index contributed by atoms with van der Waals surface area (Å²) in [7, 11) is 1.91. The average Bonchev–Trinajstić information content (AvgIpc) is 2.78. The number of hydrogen-bond acceptors (Lipinski definition) is 3. The van der Waals surface area contributed by atoms with E-state index in [0.29, 0.717) is 6.42 Å². The Morgan fingerprint density at radius 1 is 1.59 bits per heavy atom. The van der Waals surface area contributed by atoms with E-state index in [0.717, 1.165) is 19.4 Å². The first kappa shape index (κ1) is 12.6. The lowest BCUT2D eigenvalue weighted by molar-refractivity contribution is -0.122. The molecule has 0 spiro atoms. The molecule has 1 aliphatic rings. The summed E-state index contributed by atoms with van der Waals surface area (Å²) in [6, 6.07) is 2.42. The molecule has 0 radical (unpaired) electrons. The SMILES string of the molecule is CNCCCC(=O)NC1CCCc2sccc21. The van der Waals surface area contributed by atoms with Crippen molar-refractivity contribution < 1.29 is 4.79 Å². The zero-order chi connectivity index (χ0) is 12.1. The van der Waals surface area contributed by atoms with Crippen molar-refractivity contribution in [2.45, 2.75) is 38.1 Å². The van der Waals surface area contributed by atoms with E-state index in [2.05, 4.69) is 22.1 Å². The number of nitrogens with one attached hydrogen (secondary N) is 2. The Kier molecular flexibility index (Phi) is 4.57. The fourth-order valence-corrected chi connectivity index (χ4v) is 3.32. The number of aryl methyl sites for hydroxylation is 1. The van der Waals surface area contributed by atoms with Gasteiger partial charge in [0.05, 0.1) is 6.04 Å². The van der Waals surface area contributed by atoms with Crippen LogP contribution in [0.5, 0.6) is 0 Å². The highest BCUT2D eigenvalue weighted by molar-refractivity contribution is 7.10. The molecule has 1 aromatic heterocycles. The van der Waals surface area contributed by atoms with E-state index in [9.17, 15) is 4.79 Å². The minimum Gasteiger partial charge on any atom is -0.349 e. The predicted octanol–water partition coefficient (Wildman–Crippen LogP) is 2.24. The lowest BCUT2D eigenvalue weighted by Gasteiger charge is -2.23. The molecule has 94 valence electrons. The summed E-state index contributed by atoms with van der Waals surface area (Å²) in [5.74, 6) is 0.185. The molecule has 0 fully saturated rings. The lowest BCUT2D eigenvalue weighted by atomic mass is 9.94. The molecule has 2 rings (SSSR count). The third-order valence-electron chi connectivity index (χ3n) is 3.22. The molecule has 0 aliphatic heterocycles. The van der Waals surface area contributed by atoms with Gasteiger partial charge in [0.2, 0.25) is 5.91 Å². The van der Waals surface area contributed by atoms with Crippen LogP contribution in [0.25, 0.3) is 0 Å². The summed E-state index contributed by atoms with van der Waals surface area (Å²) in [5, 5.41) is 8.35. The summed E-state index contributed by atoms with van der Waals surface area (Å²) in [6.45, 7) is 0.905. The van der Waals surface area contributed by atoms with Crippen molar-refractivity contribution in [2.75, 3.05) is 13.6 Å². The van der Waals surface area contributed by atoms with Gasteiger partial charge in [-0.05, 0) is 56.3 Å². The number of hydrogen-bond donors (Lipinski definition) is 2. The zero-order valence-electron chi connectivity index (χ0n) is 10.3. The number of carbonyl (C=O) groups is 1. The molecule has 0 saturated carbocycles. The smallest absolute Gasteiger partial charge is 0.220 e. The van der Waals surface area contributed by atoms with Crippen LogP contribution in [0.4, 0.5) is 0 Å². The van der Waals surface area contributed by atoms with E-state index in [1.54, 1.807) is 0 Å². The van der Waals surface area contributed by atoms with Crippen molar-refractivity contribution in [3.63, 3.8) is 0 Å². The van der Waals surface area contributed by atoms with Gasteiger partial charge < -0.3 is 10.6 Å². The van der Waals surface area contributed by atoms with Gasteiger partial charge in [-0.15, -0.1) is 11.3 Å². The molecule has 4 heteroatoms. The Morgan fingerprint density at radius 2 is 2.47 bits per heavy atom. The second kappa shape index (κ2) is 6.17. The Bertz CT molecular complexity index is 375. The molecule has 3 nitrogen and oxygen atoms in total. The number of carbonyl (C=O) groups excluding carboxylic acids is 1. The second-order valence-electron chi connectivity index (χ2n) is 4.52. The van der Waals surface area contributed by atoms with E-state index in [1.807, 2.05) is 18.4 Å². The topological polar surface area (TPSA) is 41.1 Å². The fourth-order valence-electron chi connectivity index (χ4n) is 2.33. The van der Waals surface area contributed by atoms with Gasteiger partial charge in [-0.2, -0.15) is 0 Å². The van der Waals surface area contributed by atoms with Crippen molar-refractivity contribution in [3.8, 4) is 0 Å². The van der Waals surface area contributed by atoms with Crippen molar-refractivity contribution in [1.29, 1.82) is 0 Å². The number of rotatable bonds is 5. The maximum atomic E-state index is 11.8. The molecule has 1 atom stereocenters. The highest BCUT2D eigenvalue weighted by atomic mass is 32.1. The molecule has 0 saturated heterocycles. The molecule has 1 unspecified atom stereocenters. The van der Waals surface area contributed by atoms with Crippen molar-refractivity contribution >= 4 is 17.2 Å². The molecule has 17 heavy (non-hydrogen) atoms. The van der Waals surface area contributed by atoms with Crippen LogP contribution in [0.2, 0.25) is 0 Å². The van der Waals surface area contributed by atoms with E-state index in [1.165, 1.54) is 23.3 Å². The summed E-state index contributed by atoms with van der Waals surface area (Å²) in [5.41, 5.74) is 1.35. The number of thiophene rings is 1. The van der Waals surface area contributed by atoms with E-state index < -0.39 is 0 Å². The number of amides is 1. The van der Waals surface area contributed by atoms with Crippen LogP contribution in [0.3, 0.4) is 0 Å². The van der Waals surface area contributed by atoms with E-state index in [4.69, 9.17) is 0 Å². The van der Waals surface area contributed by atoms with Crippen LogP contribution in [0.1, 0.15) is 42.2 Å². The second-order valence-corrected chi connectivity index (χ2v) is 5.52. The van der Waals surface area contributed by atoms with Crippen LogP contribution in [0, 0.1) is 0 Å². The van der Waals surface area contributed by atoms with Crippen molar-refractivity contribution in [2.24, 2.45) is 0 Å². The monoisotopic (exact) mass is 252 g/mol. The first-order chi connectivity index (χ1) is 8.31. The molecule has 0 bridgehead atoms. The van der Waals surface area contributed by atoms with Crippen LogP contribution in [0.15, 0.2) is 11.4 Å². The lowest BCUT2D eigenvalue weighted by Crippen LogP contribution is -2.30.